The molecule has 110 valence electrons. The number of fused-ring (bicyclic) bond motifs is 1. The number of unbranched alkanes of at least 4 members (excludes halogenated alkanes) is 1. The van der Waals surface area contributed by atoms with Crippen LogP contribution in [0, 0.1) is 0 Å². The summed E-state index contributed by atoms with van der Waals surface area (Å²) in [5.41, 5.74) is 0. The second kappa shape index (κ2) is 8.14. The smallest absolute Gasteiger partial charge is 0.158 e. The van der Waals surface area contributed by atoms with Crippen molar-refractivity contribution in [2.75, 3.05) is 32.2 Å². The molecule has 0 saturated heterocycles. The summed E-state index contributed by atoms with van der Waals surface area (Å²) in [5, 5.41) is 6.18. The van der Waals surface area contributed by atoms with Crippen LogP contribution in [0.4, 0.5) is 5.82 Å². The van der Waals surface area contributed by atoms with Crippen LogP contribution >= 0.6 is 11.3 Å². The highest BCUT2D eigenvalue weighted by molar-refractivity contribution is 7.16. The first-order chi connectivity index (χ1) is 9.85. The number of rotatable bonds is 9. The van der Waals surface area contributed by atoms with E-state index in [0.717, 1.165) is 35.5 Å². The Morgan fingerprint density at radius 1 is 1.20 bits per heavy atom. The number of thiophene rings is 1. The van der Waals surface area contributed by atoms with Crippen molar-refractivity contribution in [3.05, 3.63) is 17.3 Å². The van der Waals surface area contributed by atoms with Gasteiger partial charge in [0.05, 0.1) is 18.6 Å². The molecule has 0 amide bonds. The molecule has 0 atom stereocenters. The number of anilines is 1. The molecule has 5 nitrogen and oxygen atoms in total. The molecule has 0 bridgehead atoms. The van der Waals surface area contributed by atoms with Gasteiger partial charge in [-0.2, -0.15) is 0 Å². The van der Waals surface area contributed by atoms with Crippen LogP contribution in [0.1, 0.15) is 25.6 Å². The first-order valence-electron chi connectivity index (χ1n) is 6.92. The van der Waals surface area contributed by atoms with E-state index in [1.807, 2.05) is 18.5 Å². The van der Waals surface area contributed by atoms with E-state index in [2.05, 4.69) is 22.2 Å². The molecule has 6 heteroatoms. The standard InChI is InChI=1S/C14H21N3O2S/c1-3-4-6-18-7-8-19-10-12-16-13(15-2)11-5-9-20-14(11)17-12/h5,9H,3-4,6-8,10H2,1-2H3,(H,15,16,17). The lowest BCUT2D eigenvalue weighted by Gasteiger charge is -2.07. The monoisotopic (exact) mass is 295 g/mol. The number of nitrogens with one attached hydrogen (secondary N) is 1. The summed E-state index contributed by atoms with van der Waals surface area (Å²) in [4.78, 5) is 9.94. The number of nitrogens with zero attached hydrogens (tertiary/aromatic N) is 2. The molecule has 2 aromatic rings. The lowest BCUT2D eigenvalue weighted by Crippen LogP contribution is -2.07. The molecule has 0 aliphatic rings. The lowest BCUT2D eigenvalue weighted by atomic mass is 10.4. The molecule has 1 N–H and O–H groups in total. The SMILES string of the molecule is CCCCOCCOCc1nc(NC)c2ccsc2n1. The van der Waals surface area contributed by atoms with Crippen molar-refractivity contribution in [1.82, 2.24) is 9.97 Å². The maximum absolute atomic E-state index is 5.55. The van der Waals surface area contributed by atoms with Gasteiger partial charge in [-0.05, 0) is 17.9 Å². The van der Waals surface area contributed by atoms with Crippen molar-refractivity contribution in [1.29, 1.82) is 0 Å². The number of hydrogen-bond donors (Lipinski definition) is 1. The van der Waals surface area contributed by atoms with Gasteiger partial charge in [-0.3, -0.25) is 0 Å². The molecular formula is C14H21N3O2S. The van der Waals surface area contributed by atoms with E-state index in [1.54, 1.807) is 11.3 Å². The molecule has 2 rings (SSSR count). The molecule has 0 aliphatic carbocycles. The zero-order chi connectivity index (χ0) is 14.2. The Kier molecular flexibility index (Phi) is 6.17. The van der Waals surface area contributed by atoms with E-state index >= 15 is 0 Å². The fourth-order valence-corrected chi connectivity index (χ4v) is 2.57. The Balaban J connectivity index is 1.81. The van der Waals surface area contributed by atoms with E-state index in [9.17, 15) is 0 Å². The van der Waals surface area contributed by atoms with Crippen molar-refractivity contribution >= 4 is 27.4 Å². The Hall–Kier alpha value is -1.24. The highest BCUT2D eigenvalue weighted by Gasteiger charge is 2.07. The van der Waals surface area contributed by atoms with Gasteiger partial charge in [0.25, 0.3) is 0 Å². The minimum absolute atomic E-state index is 0.416. The molecule has 0 aliphatic heterocycles. The summed E-state index contributed by atoms with van der Waals surface area (Å²) >= 11 is 1.61. The largest absolute Gasteiger partial charge is 0.379 e. The predicted molar refractivity (Wildman–Crippen MR) is 82.3 cm³/mol. The van der Waals surface area contributed by atoms with Gasteiger partial charge < -0.3 is 14.8 Å². The first kappa shape index (κ1) is 15.2. The summed E-state index contributed by atoms with van der Waals surface area (Å²) in [5.74, 6) is 1.56. The van der Waals surface area contributed by atoms with Crippen LogP contribution in [0.5, 0.6) is 0 Å². The zero-order valence-electron chi connectivity index (χ0n) is 12.0. The highest BCUT2D eigenvalue weighted by Crippen LogP contribution is 2.24. The van der Waals surface area contributed by atoms with E-state index in [0.29, 0.717) is 25.6 Å². The lowest BCUT2D eigenvalue weighted by molar-refractivity contribution is 0.0375. The van der Waals surface area contributed by atoms with Gasteiger partial charge in [0.1, 0.15) is 17.3 Å². The zero-order valence-corrected chi connectivity index (χ0v) is 12.8. The van der Waals surface area contributed by atoms with E-state index in [4.69, 9.17) is 9.47 Å². The second-order valence-corrected chi connectivity index (χ2v) is 5.29. The van der Waals surface area contributed by atoms with Crippen molar-refractivity contribution in [2.45, 2.75) is 26.4 Å². The molecule has 0 saturated carbocycles. The molecule has 0 aromatic carbocycles. The Morgan fingerprint density at radius 3 is 2.85 bits per heavy atom. The first-order valence-corrected chi connectivity index (χ1v) is 7.80. The van der Waals surface area contributed by atoms with Crippen LogP contribution in [0.3, 0.4) is 0 Å². The minimum Gasteiger partial charge on any atom is -0.379 e. The van der Waals surface area contributed by atoms with Crippen LogP contribution in [-0.2, 0) is 16.1 Å². The molecule has 0 unspecified atom stereocenters. The normalized spacial score (nSPS) is 11.1. The van der Waals surface area contributed by atoms with E-state index < -0.39 is 0 Å². The summed E-state index contributed by atoms with van der Waals surface area (Å²) in [7, 11) is 1.87. The molecule has 0 radical (unpaired) electrons. The number of ether oxygens (including phenoxy) is 2. The van der Waals surface area contributed by atoms with Gasteiger partial charge in [0, 0.05) is 13.7 Å². The van der Waals surface area contributed by atoms with Crippen LogP contribution < -0.4 is 5.32 Å². The van der Waals surface area contributed by atoms with E-state index in [-0.39, 0.29) is 0 Å². The maximum Gasteiger partial charge on any atom is 0.158 e. The third-order valence-corrected chi connectivity index (χ3v) is 3.66. The summed E-state index contributed by atoms with van der Waals surface area (Å²) in [6, 6.07) is 2.03. The average molecular weight is 295 g/mol. The van der Waals surface area contributed by atoms with Crippen molar-refractivity contribution in [2.24, 2.45) is 0 Å². The van der Waals surface area contributed by atoms with Gasteiger partial charge in [-0.25, -0.2) is 9.97 Å². The van der Waals surface area contributed by atoms with Gasteiger partial charge >= 0.3 is 0 Å². The van der Waals surface area contributed by atoms with Gasteiger partial charge in [0.15, 0.2) is 5.82 Å². The molecule has 2 aromatic heterocycles. The van der Waals surface area contributed by atoms with Crippen LogP contribution in [0.25, 0.3) is 10.2 Å². The molecule has 0 spiro atoms. The van der Waals surface area contributed by atoms with Crippen molar-refractivity contribution < 1.29 is 9.47 Å². The van der Waals surface area contributed by atoms with Crippen LogP contribution in [0.2, 0.25) is 0 Å². The molecular weight excluding hydrogens is 274 g/mol. The van der Waals surface area contributed by atoms with Crippen LogP contribution in [0.15, 0.2) is 11.4 Å². The number of hydrogen-bond acceptors (Lipinski definition) is 6. The minimum atomic E-state index is 0.416. The van der Waals surface area contributed by atoms with Crippen LogP contribution in [-0.4, -0.2) is 36.8 Å². The van der Waals surface area contributed by atoms with Gasteiger partial charge in [0.2, 0.25) is 0 Å². The van der Waals surface area contributed by atoms with Gasteiger partial charge in [-0.1, -0.05) is 13.3 Å². The summed E-state index contributed by atoms with van der Waals surface area (Å²) in [6.45, 7) is 4.57. The Bertz CT molecular complexity index is 530. The third kappa shape index (κ3) is 4.13. The summed E-state index contributed by atoms with van der Waals surface area (Å²) < 4.78 is 11.0. The maximum atomic E-state index is 5.55. The summed E-state index contributed by atoms with van der Waals surface area (Å²) in [6.07, 6.45) is 2.26. The second-order valence-electron chi connectivity index (χ2n) is 4.40. The predicted octanol–water partition coefficient (Wildman–Crippen LogP) is 3.07. The fourth-order valence-electron chi connectivity index (χ4n) is 1.78. The average Bonchev–Trinajstić information content (AvgIpc) is 2.93. The van der Waals surface area contributed by atoms with Crippen molar-refractivity contribution in [3.8, 4) is 0 Å². The number of aromatic nitrogens is 2. The Labute approximate surface area is 123 Å². The van der Waals surface area contributed by atoms with E-state index in [1.165, 1.54) is 0 Å². The molecule has 2 heterocycles. The topological polar surface area (TPSA) is 56.3 Å². The molecule has 20 heavy (non-hydrogen) atoms. The highest BCUT2D eigenvalue weighted by atomic mass is 32.1. The fraction of sp³-hybridized carbons (Fsp3) is 0.571. The Morgan fingerprint density at radius 2 is 2.05 bits per heavy atom. The van der Waals surface area contributed by atoms with Crippen molar-refractivity contribution in [3.63, 3.8) is 0 Å². The quantitative estimate of drug-likeness (QED) is 0.721. The van der Waals surface area contributed by atoms with Gasteiger partial charge in [-0.15, -0.1) is 11.3 Å². The third-order valence-electron chi connectivity index (χ3n) is 2.85. The molecule has 0 fully saturated rings.